The van der Waals surface area contributed by atoms with Gasteiger partial charge in [-0.1, -0.05) is 29.3 Å². The zero-order valence-corrected chi connectivity index (χ0v) is 12.7. The Morgan fingerprint density at radius 1 is 1.19 bits per heavy atom. The van der Waals surface area contributed by atoms with E-state index in [0.717, 1.165) is 0 Å². The van der Waals surface area contributed by atoms with Crippen molar-refractivity contribution in [3.8, 4) is 0 Å². The normalized spacial score (nSPS) is 11.7. The fourth-order valence-corrected chi connectivity index (χ4v) is 3.75. The molecule has 0 spiro atoms. The van der Waals surface area contributed by atoms with Crippen molar-refractivity contribution in [1.82, 2.24) is 14.4 Å². The molecule has 3 rings (SSSR count). The van der Waals surface area contributed by atoms with Crippen LogP contribution >= 0.6 is 23.2 Å². The highest BCUT2D eigenvalue weighted by Crippen LogP contribution is 2.27. The predicted octanol–water partition coefficient (Wildman–Crippen LogP) is 2.84. The van der Waals surface area contributed by atoms with Crippen LogP contribution in [0.2, 0.25) is 10.2 Å². The standard InChI is InChI=1S/C12H8Cl2N4O2S/c13-8-4-5-15-7-9(8)17-21(19,20)12-11(14)16-10-3-1-2-6-18(10)12/h1-7,17H. The number of aromatic nitrogens is 3. The Kier molecular flexibility index (Phi) is 3.48. The van der Waals surface area contributed by atoms with Gasteiger partial charge in [-0.25, -0.2) is 4.98 Å². The maximum absolute atomic E-state index is 12.5. The minimum Gasteiger partial charge on any atom is -0.288 e. The summed E-state index contributed by atoms with van der Waals surface area (Å²) < 4.78 is 28.8. The summed E-state index contributed by atoms with van der Waals surface area (Å²) in [6, 6.07) is 6.55. The molecule has 6 nitrogen and oxygen atoms in total. The Labute approximate surface area is 130 Å². The molecule has 9 heteroatoms. The van der Waals surface area contributed by atoms with Crippen LogP contribution in [-0.4, -0.2) is 22.8 Å². The molecular weight excluding hydrogens is 335 g/mol. The minimum atomic E-state index is -3.96. The molecule has 21 heavy (non-hydrogen) atoms. The Morgan fingerprint density at radius 2 is 2.00 bits per heavy atom. The van der Waals surface area contributed by atoms with Crippen molar-refractivity contribution in [2.24, 2.45) is 0 Å². The van der Waals surface area contributed by atoms with Gasteiger partial charge in [0.15, 0.2) is 10.2 Å². The molecule has 0 bridgehead atoms. The molecule has 0 saturated carbocycles. The van der Waals surface area contributed by atoms with E-state index in [9.17, 15) is 8.42 Å². The average Bonchev–Trinajstić information content (AvgIpc) is 2.77. The van der Waals surface area contributed by atoms with Gasteiger partial charge in [0.25, 0.3) is 10.0 Å². The number of fused-ring (bicyclic) bond motifs is 1. The van der Waals surface area contributed by atoms with Crippen LogP contribution in [0.4, 0.5) is 5.69 Å². The SMILES string of the molecule is O=S(=O)(Nc1cnccc1Cl)c1c(Cl)nc2ccccn12. The number of rotatable bonds is 3. The molecule has 0 unspecified atom stereocenters. The summed E-state index contributed by atoms with van der Waals surface area (Å²) in [5.41, 5.74) is 0.598. The van der Waals surface area contributed by atoms with Crippen molar-refractivity contribution in [3.63, 3.8) is 0 Å². The average molecular weight is 343 g/mol. The van der Waals surface area contributed by atoms with Crippen molar-refractivity contribution < 1.29 is 8.42 Å². The van der Waals surface area contributed by atoms with Gasteiger partial charge in [-0.15, -0.1) is 0 Å². The summed E-state index contributed by atoms with van der Waals surface area (Å²) in [7, 11) is -3.96. The second-order valence-corrected chi connectivity index (χ2v) is 6.46. The van der Waals surface area contributed by atoms with E-state index in [-0.39, 0.29) is 20.9 Å². The van der Waals surface area contributed by atoms with Gasteiger partial charge in [-0.3, -0.25) is 14.1 Å². The van der Waals surface area contributed by atoms with Crippen molar-refractivity contribution in [2.75, 3.05) is 4.72 Å². The molecule has 1 N–H and O–H groups in total. The summed E-state index contributed by atoms with van der Waals surface area (Å²) in [5.74, 6) is 0. The van der Waals surface area contributed by atoms with Crippen molar-refractivity contribution in [1.29, 1.82) is 0 Å². The highest BCUT2D eigenvalue weighted by Gasteiger charge is 2.25. The first kappa shape index (κ1) is 14.1. The first-order chi connectivity index (χ1) is 9.99. The molecule has 0 radical (unpaired) electrons. The third-order valence-electron chi connectivity index (χ3n) is 2.71. The zero-order valence-electron chi connectivity index (χ0n) is 10.4. The van der Waals surface area contributed by atoms with Gasteiger partial charge in [-0.05, 0) is 18.2 Å². The zero-order chi connectivity index (χ0) is 15.0. The third kappa shape index (κ3) is 2.55. The number of anilines is 1. The summed E-state index contributed by atoms with van der Waals surface area (Å²) in [5, 5.41) is -0.0353. The summed E-state index contributed by atoms with van der Waals surface area (Å²) >= 11 is 11.9. The number of hydrogen-bond donors (Lipinski definition) is 1. The molecule has 0 fully saturated rings. The second-order valence-electron chi connectivity index (χ2n) is 4.10. The van der Waals surface area contributed by atoms with Crippen LogP contribution in [0.3, 0.4) is 0 Å². The Morgan fingerprint density at radius 3 is 2.76 bits per heavy atom. The minimum absolute atomic E-state index is 0.117. The molecule has 3 aromatic rings. The van der Waals surface area contributed by atoms with Crippen molar-refractivity contribution in [2.45, 2.75) is 5.03 Å². The maximum atomic E-state index is 12.5. The molecule has 0 aromatic carbocycles. The maximum Gasteiger partial charge on any atom is 0.281 e. The lowest BCUT2D eigenvalue weighted by Gasteiger charge is -2.08. The number of halogens is 2. The van der Waals surface area contributed by atoms with Crippen LogP contribution in [0, 0.1) is 0 Å². The van der Waals surface area contributed by atoms with Crippen LogP contribution in [0.25, 0.3) is 5.65 Å². The number of sulfonamides is 1. The number of pyridine rings is 2. The fourth-order valence-electron chi connectivity index (χ4n) is 1.83. The molecule has 0 aliphatic heterocycles. The molecule has 3 heterocycles. The lowest BCUT2D eigenvalue weighted by atomic mass is 10.4. The number of nitrogens with one attached hydrogen (secondary N) is 1. The lowest BCUT2D eigenvalue weighted by Crippen LogP contribution is -2.16. The monoisotopic (exact) mass is 342 g/mol. The first-order valence-electron chi connectivity index (χ1n) is 5.74. The molecule has 3 aromatic heterocycles. The van der Waals surface area contributed by atoms with E-state index in [0.29, 0.717) is 5.65 Å². The van der Waals surface area contributed by atoms with Crippen LogP contribution in [-0.2, 0) is 10.0 Å². The van der Waals surface area contributed by atoms with E-state index in [4.69, 9.17) is 23.2 Å². The number of hydrogen-bond acceptors (Lipinski definition) is 4. The number of nitrogens with zero attached hydrogens (tertiary/aromatic N) is 3. The van der Waals surface area contributed by atoms with E-state index in [1.807, 2.05) is 0 Å². The fraction of sp³-hybridized carbons (Fsp3) is 0. The van der Waals surface area contributed by atoms with Gasteiger partial charge >= 0.3 is 0 Å². The quantitative estimate of drug-likeness (QED) is 0.793. The number of imidazole rings is 1. The summed E-state index contributed by atoms with van der Waals surface area (Å²) in [4.78, 5) is 7.83. The van der Waals surface area contributed by atoms with E-state index < -0.39 is 10.0 Å². The molecule has 0 atom stereocenters. The van der Waals surface area contributed by atoms with E-state index >= 15 is 0 Å². The van der Waals surface area contributed by atoms with Crippen molar-refractivity contribution >= 4 is 44.6 Å². The molecule has 0 aliphatic carbocycles. The molecule has 0 aliphatic rings. The molecule has 0 saturated heterocycles. The Hall–Kier alpha value is -1.83. The van der Waals surface area contributed by atoms with Crippen LogP contribution in [0.5, 0.6) is 0 Å². The van der Waals surface area contributed by atoms with Crippen LogP contribution in [0.15, 0.2) is 47.9 Å². The molecule has 108 valence electrons. The van der Waals surface area contributed by atoms with E-state index in [1.54, 1.807) is 24.4 Å². The van der Waals surface area contributed by atoms with Gasteiger partial charge in [-0.2, -0.15) is 8.42 Å². The third-order valence-corrected chi connectivity index (χ3v) is 4.81. The lowest BCUT2D eigenvalue weighted by molar-refractivity contribution is 0.596. The Balaban J connectivity index is 2.13. The first-order valence-corrected chi connectivity index (χ1v) is 7.98. The van der Waals surface area contributed by atoms with E-state index in [1.165, 1.54) is 22.9 Å². The van der Waals surface area contributed by atoms with E-state index in [2.05, 4.69) is 14.7 Å². The smallest absolute Gasteiger partial charge is 0.281 e. The highest BCUT2D eigenvalue weighted by molar-refractivity contribution is 7.92. The van der Waals surface area contributed by atoms with Gasteiger partial charge in [0.05, 0.1) is 16.9 Å². The van der Waals surface area contributed by atoms with Gasteiger partial charge in [0, 0.05) is 12.4 Å². The predicted molar refractivity (Wildman–Crippen MR) is 80.3 cm³/mol. The van der Waals surface area contributed by atoms with Gasteiger partial charge in [0.2, 0.25) is 0 Å². The van der Waals surface area contributed by atoms with Gasteiger partial charge < -0.3 is 0 Å². The topological polar surface area (TPSA) is 76.4 Å². The Bertz CT molecular complexity index is 924. The molecule has 0 amide bonds. The second kappa shape index (κ2) is 5.18. The molecular formula is C12H8Cl2N4O2S. The van der Waals surface area contributed by atoms with Crippen LogP contribution in [0.1, 0.15) is 0 Å². The van der Waals surface area contributed by atoms with Crippen LogP contribution < -0.4 is 4.72 Å². The van der Waals surface area contributed by atoms with Crippen molar-refractivity contribution in [3.05, 3.63) is 53.0 Å². The van der Waals surface area contributed by atoms with Gasteiger partial charge in [0.1, 0.15) is 5.65 Å². The summed E-state index contributed by atoms with van der Waals surface area (Å²) in [6.07, 6.45) is 4.34. The summed E-state index contributed by atoms with van der Waals surface area (Å²) in [6.45, 7) is 0. The largest absolute Gasteiger partial charge is 0.288 e. The highest BCUT2D eigenvalue weighted by atomic mass is 35.5.